The number of benzene rings is 1. The quantitative estimate of drug-likeness (QED) is 0.783. The Bertz CT molecular complexity index is 979. The van der Waals surface area contributed by atoms with Gasteiger partial charge in [0, 0.05) is 19.5 Å². The Morgan fingerprint density at radius 2 is 2.04 bits per heavy atom. The van der Waals surface area contributed by atoms with Gasteiger partial charge in [0.15, 0.2) is 0 Å². The number of carbonyl (C=O) groups excluding carboxylic acids is 4. The molecule has 1 aromatic heterocycles. The summed E-state index contributed by atoms with van der Waals surface area (Å²) in [6, 6.07) is 6.80. The van der Waals surface area contributed by atoms with Crippen LogP contribution in [0.4, 0.5) is 0 Å². The smallest absolute Gasteiger partial charge is 0.277 e. The molecule has 4 amide bonds. The van der Waals surface area contributed by atoms with E-state index in [1.54, 1.807) is 11.9 Å². The third kappa shape index (κ3) is 3.10. The van der Waals surface area contributed by atoms with Gasteiger partial charge in [0.05, 0.1) is 16.8 Å². The maximum Gasteiger partial charge on any atom is 0.277 e. The highest BCUT2D eigenvalue weighted by Crippen LogP contribution is 2.26. The van der Waals surface area contributed by atoms with E-state index in [9.17, 15) is 19.2 Å². The maximum atomic E-state index is 12.8. The average Bonchev–Trinajstić information content (AvgIpc) is 3.15. The Morgan fingerprint density at radius 1 is 1.26 bits per heavy atom. The van der Waals surface area contributed by atoms with Gasteiger partial charge in [-0.05, 0) is 18.6 Å². The first-order chi connectivity index (χ1) is 12.9. The maximum absolute atomic E-state index is 12.8. The molecule has 3 heterocycles. The van der Waals surface area contributed by atoms with Gasteiger partial charge in [-0.15, -0.1) is 11.3 Å². The summed E-state index contributed by atoms with van der Waals surface area (Å²) >= 11 is 1.52. The molecule has 2 aromatic rings. The van der Waals surface area contributed by atoms with Crippen molar-refractivity contribution in [3.63, 3.8) is 0 Å². The summed E-state index contributed by atoms with van der Waals surface area (Å²) in [4.78, 5) is 55.6. The van der Waals surface area contributed by atoms with Gasteiger partial charge in [-0.25, -0.2) is 4.98 Å². The Labute approximate surface area is 158 Å². The molecule has 1 N–H and O–H groups in total. The number of likely N-dealkylation sites (N-methyl/N-ethyl adjacent to an activating group) is 1. The highest BCUT2D eigenvalue weighted by Gasteiger charge is 2.43. The zero-order chi connectivity index (χ0) is 19.1. The molecule has 1 unspecified atom stereocenters. The molecule has 4 rings (SSSR count). The zero-order valence-corrected chi connectivity index (χ0v) is 15.3. The van der Waals surface area contributed by atoms with Gasteiger partial charge in [-0.1, -0.05) is 12.1 Å². The third-order valence-electron chi connectivity index (χ3n) is 4.58. The minimum Gasteiger partial charge on any atom is -0.363 e. The second-order valence-corrected chi connectivity index (χ2v) is 7.56. The number of hydrogen-bond acceptors (Lipinski definition) is 7. The second-order valence-electron chi connectivity index (χ2n) is 6.44. The van der Waals surface area contributed by atoms with Gasteiger partial charge < -0.3 is 4.90 Å². The molecule has 1 saturated heterocycles. The molecule has 1 aromatic carbocycles. The van der Waals surface area contributed by atoms with Crippen LogP contribution in [0.2, 0.25) is 0 Å². The van der Waals surface area contributed by atoms with Crippen LogP contribution in [0.5, 0.6) is 0 Å². The number of fused-ring (bicyclic) bond motifs is 1. The van der Waals surface area contributed by atoms with Crippen molar-refractivity contribution < 1.29 is 19.2 Å². The number of thiazole rings is 1. The highest BCUT2D eigenvalue weighted by molar-refractivity contribution is 7.18. The van der Waals surface area contributed by atoms with Gasteiger partial charge in [0.2, 0.25) is 11.8 Å². The second kappa shape index (κ2) is 6.58. The van der Waals surface area contributed by atoms with Gasteiger partial charge in [-0.2, -0.15) is 0 Å². The SMILES string of the molecule is CN(Cc1nc2ccccc2s1)C1=CC(=O)N(C2CCC(=O)NC2=O)C1=O. The molecule has 1 fully saturated rings. The van der Waals surface area contributed by atoms with Crippen molar-refractivity contribution in [2.75, 3.05) is 7.05 Å². The standard InChI is InChI=1S/C18H16N4O4S/c1-21(9-15-19-10-4-2-3-5-13(10)27-15)12-8-16(24)22(18(12)26)11-6-7-14(23)20-17(11)25/h2-5,8,11H,6-7,9H2,1H3,(H,20,23,25). The Kier molecular flexibility index (Phi) is 4.23. The normalized spacial score (nSPS) is 20.3. The van der Waals surface area contributed by atoms with E-state index in [1.807, 2.05) is 24.3 Å². The number of nitrogens with zero attached hydrogens (tertiary/aromatic N) is 3. The summed E-state index contributed by atoms with van der Waals surface area (Å²) in [7, 11) is 1.71. The fourth-order valence-electron chi connectivity index (χ4n) is 3.24. The van der Waals surface area contributed by atoms with Crippen molar-refractivity contribution in [1.82, 2.24) is 20.1 Å². The van der Waals surface area contributed by atoms with Crippen LogP contribution in [0.1, 0.15) is 17.8 Å². The highest BCUT2D eigenvalue weighted by atomic mass is 32.1. The first-order valence-electron chi connectivity index (χ1n) is 8.42. The van der Waals surface area contributed by atoms with Gasteiger partial charge >= 0.3 is 0 Å². The monoisotopic (exact) mass is 384 g/mol. The van der Waals surface area contributed by atoms with E-state index in [1.165, 1.54) is 17.4 Å². The van der Waals surface area contributed by atoms with Crippen LogP contribution in [-0.4, -0.2) is 51.5 Å². The summed E-state index contributed by atoms with van der Waals surface area (Å²) in [5.41, 5.74) is 1.10. The van der Waals surface area contributed by atoms with Gasteiger partial charge in [0.25, 0.3) is 11.8 Å². The molecule has 138 valence electrons. The van der Waals surface area contributed by atoms with E-state index < -0.39 is 29.7 Å². The molecule has 8 nitrogen and oxygen atoms in total. The lowest BCUT2D eigenvalue weighted by Crippen LogP contribution is -2.54. The summed E-state index contributed by atoms with van der Waals surface area (Å²) in [5, 5.41) is 3.00. The van der Waals surface area contributed by atoms with E-state index in [0.717, 1.165) is 20.1 Å². The van der Waals surface area contributed by atoms with Crippen LogP contribution in [0, 0.1) is 0 Å². The van der Waals surface area contributed by atoms with Crippen molar-refractivity contribution in [1.29, 1.82) is 0 Å². The van der Waals surface area contributed by atoms with Crippen LogP contribution in [-0.2, 0) is 25.7 Å². The van der Waals surface area contributed by atoms with E-state index in [0.29, 0.717) is 6.54 Å². The first-order valence-corrected chi connectivity index (χ1v) is 9.24. The summed E-state index contributed by atoms with van der Waals surface area (Å²) in [5.74, 6) is -2.08. The number of carbonyl (C=O) groups is 4. The number of hydrogen-bond donors (Lipinski definition) is 1. The molecule has 27 heavy (non-hydrogen) atoms. The van der Waals surface area contributed by atoms with Crippen molar-refractivity contribution in [3.8, 4) is 0 Å². The van der Waals surface area contributed by atoms with E-state index in [-0.39, 0.29) is 18.5 Å². The lowest BCUT2D eigenvalue weighted by molar-refractivity contribution is -0.150. The molecule has 0 saturated carbocycles. The number of imide groups is 2. The van der Waals surface area contributed by atoms with Crippen molar-refractivity contribution in [3.05, 3.63) is 41.0 Å². The molecule has 0 spiro atoms. The number of para-hydroxylation sites is 1. The first kappa shape index (κ1) is 17.3. The van der Waals surface area contributed by atoms with Crippen LogP contribution in [0.25, 0.3) is 10.2 Å². The summed E-state index contributed by atoms with van der Waals surface area (Å²) in [6.07, 6.45) is 1.48. The lowest BCUT2D eigenvalue weighted by atomic mass is 10.0. The molecular formula is C18H16N4O4S. The van der Waals surface area contributed by atoms with Crippen LogP contribution in [0.3, 0.4) is 0 Å². The molecule has 0 radical (unpaired) electrons. The predicted octanol–water partition coefficient (Wildman–Crippen LogP) is 0.786. The lowest BCUT2D eigenvalue weighted by Gasteiger charge is -2.29. The molecular weight excluding hydrogens is 368 g/mol. The zero-order valence-electron chi connectivity index (χ0n) is 14.5. The minimum atomic E-state index is -0.952. The number of nitrogens with one attached hydrogen (secondary N) is 1. The molecule has 1 atom stereocenters. The molecule has 0 bridgehead atoms. The number of amides is 4. The van der Waals surface area contributed by atoms with Gasteiger partial charge in [0.1, 0.15) is 16.7 Å². The number of aromatic nitrogens is 1. The predicted molar refractivity (Wildman–Crippen MR) is 97.2 cm³/mol. The fourth-order valence-corrected chi connectivity index (χ4v) is 4.27. The fraction of sp³-hybridized carbons (Fsp3) is 0.278. The Morgan fingerprint density at radius 3 is 2.78 bits per heavy atom. The topological polar surface area (TPSA) is 99.7 Å². The number of piperidine rings is 1. The van der Waals surface area contributed by atoms with E-state index in [4.69, 9.17) is 0 Å². The molecule has 0 aliphatic carbocycles. The Hall–Kier alpha value is -3.07. The van der Waals surface area contributed by atoms with Crippen molar-refractivity contribution in [2.24, 2.45) is 0 Å². The van der Waals surface area contributed by atoms with Crippen LogP contribution in [0.15, 0.2) is 36.0 Å². The van der Waals surface area contributed by atoms with Crippen LogP contribution < -0.4 is 5.32 Å². The summed E-state index contributed by atoms with van der Waals surface area (Å²) < 4.78 is 1.05. The van der Waals surface area contributed by atoms with E-state index in [2.05, 4.69) is 10.3 Å². The third-order valence-corrected chi connectivity index (χ3v) is 5.60. The molecule has 2 aliphatic rings. The average molecular weight is 384 g/mol. The van der Waals surface area contributed by atoms with Crippen molar-refractivity contribution >= 4 is 45.2 Å². The minimum absolute atomic E-state index is 0.102. The molecule has 9 heteroatoms. The van der Waals surface area contributed by atoms with Crippen molar-refractivity contribution in [2.45, 2.75) is 25.4 Å². The Balaban J connectivity index is 1.51. The number of rotatable bonds is 4. The molecule has 2 aliphatic heterocycles. The van der Waals surface area contributed by atoms with Crippen LogP contribution >= 0.6 is 11.3 Å². The summed E-state index contributed by atoms with van der Waals surface area (Å²) in [6.45, 7) is 0.368. The largest absolute Gasteiger partial charge is 0.363 e. The van der Waals surface area contributed by atoms with Gasteiger partial charge in [-0.3, -0.25) is 29.4 Å². The van der Waals surface area contributed by atoms with E-state index >= 15 is 0 Å².